The lowest BCUT2D eigenvalue weighted by Crippen LogP contribution is -2.22. The molecule has 0 fully saturated rings. The van der Waals surface area contributed by atoms with Gasteiger partial charge in [-0.15, -0.1) is 0 Å². The molecule has 3 aromatic carbocycles. The molecular formula is C31H19F6N5O3. The maximum atomic E-state index is 14.3. The molecule has 0 spiro atoms. The van der Waals surface area contributed by atoms with Gasteiger partial charge in [-0.2, -0.15) is 31.4 Å². The Kier molecular flexibility index (Phi) is 6.87. The number of amides is 1. The molecular weight excluding hydrogens is 604 g/mol. The van der Waals surface area contributed by atoms with E-state index in [2.05, 4.69) is 15.4 Å². The van der Waals surface area contributed by atoms with E-state index < -0.39 is 51.7 Å². The first kappa shape index (κ1) is 29.4. The number of rotatable bonds is 4. The van der Waals surface area contributed by atoms with E-state index in [-0.39, 0.29) is 16.6 Å². The number of carbonyl (C=O) groups is 1. The van der Waals surface area contributed by atoms with Gasteiger partial charge in [0.05, 0.1) is 28.4 Å². The summed E-state index contributed by atoms with van der Waals surface area (Å²) in [6.45, 7) is 0. The Morgan fingerprint density at radius 2 is 1.62 bits per heavy atom. The summed E-state index contributed by atoms with van der Waals surface area (Å²) in [4.78, 5) is 40.3. The summed E-state index contributed by atoms with van der Waals surface area (Å²) >= 11 is 0. The van der Waals surface area contributed by atoms with Gasteiger partial charge in [-0.3, -0.25) is 14.4 Å². The van der Waals surface area contributed by atoms with Crippen molar-refractivity contribution in [2.45, 2.75) is 12.4 Å². The van der Waals surface area contributed by atoms with Crippen molar-refractivity contribution in [2.24, 2.45) is 7.05 Å². The summed E-state index contributed by atoms with van der Waals surface area (Å²) in [6, 6.07) is 15.3. The molecule has 14 heteroatoms. The second-order valence-electron chi connectivity index (χ2n) is 10.1. The van der Waals surface area contributed by atoms with Crippen molar-refractivity contribution in [3.05, 3.63) is 123 Å². The average molecular weight is 624 g/mol. The first-order valence-corrected chi connectivity index (χ1v) is 13.1. The second kappa shape index (κ2) is 10.5. The van der Waals surface area contributed by atoms with Gasteiger partial charge in [0.15, 0.2) is 5.69 Å². The van der Waals surface area contributed by atoms with Gasteiger partial charge in [-0.1, -0.05) is 24.3 Å². The SMILES string of the molecule is Cn1ccc2cc(NC(=O)c3cnn(-c4ccc(-c5cccc6c(=O)[nH]ccc56)cc4)c3C(F)(F)F)cc(C(F)(F)F)c2c1=O. The third-order valence-corrected chi connectivity index (χ3v) is 7.26. The topological polar surface area (TPSA) is 102 Å². The Balaban J connectivity index is 1.38. The van der Waals surface area contributed by atoms with Crippen molar-refractivity contribution in [3.63, 3.8) is 0 Å². The number of halogens is 6. The number of hydrogen-bond acceptors (Lipinski definition) is 4. The lowest BCUT2D eigenvalue weighted by atomic mass is 9.99. The van der Waals surface area contributed by atoms with Gasteiger partial charge in [-0.05, 0) is 64.4 Å². The second-order valence-corrected chi connectivity index (χ2v) is 10.1. The molecule has 0 aliphatic heterocycles. The number of aryl methyl sites for hydroxylation is 1. The molecule has 0 saturated carbocycles. The zero-order valence-corrected chi connectivity index (χ0v) is 22.9. The van der Waals surface area contributed by atoms with Crippen LogP contribution in [0.15, 0.2) is 94.9 Å². The number of fused-ring (bicyclic) bond motifs is 2. The number of pyridine rings is 2. The molecule has 0 saturated heterocycles. The van der Waals surface area contributed by atoms with Crippen LogP contribution in [0, 0.1) is 0 Å². The molecule has 6 rings (SSSR count). The summed E-state index contributed by atoms with van der Waals surface area (Å²) in [5, 5.41) is 6.12. The van der Waals surface area contributed by atoms with Crippen molar-refractivity contribution in [1.29, 1.82) is 0 Å². The van der Waals surface area contributed by atoms with E-state index in [1.807, 2.05) is 0 Å². The van der Waals surface area contributed by atoms with Gasteiger partial charge in [-0.25, -0.2) is 4.68 Å². The van der Waals surface area contributed by atoms with E-state index in [1.54, 1.807) is 24.3 Å². The predicted octanol–water partition coefficient (Wildman–Crippen LogP) is 6.52. The van der Waals surface area contributed by atoms with E-state index in [0.29, 0.717) is 38.8 Å². The highest BCUT2D eigenvalue weighted by molar-refractivity contribution is 6.06. The fourth-order valence-electron chi connectivity index (χ4n) is 5.20. The van der Waals surface area contributed by atoms with Crippen molar-refractivity contribution in [1.82, 2.24) is 19.3 Å². The molecule has 0 unspecified atom stereocenters. The third kappa shape index (κ3) is 5.24. The average Bonchev–Trinajstić information content (AvgIpc) is 3.45. The van der Waals surface area contributed by atoms with E-state index in [9.17, 15) is 40.7 Å². The normalized spacial score (nSPS) is 12.2. The molecule has 228 valence electrons. The number of hydrogen-bond donors (Lipinski definition) is 2. The number of nitrogens with zero attached hydrogens (tertiary/aromatic N) is 3. The van der Waals surface area contributed by atoms with Gasteiger partial charge in [0.25, 0.3) is 17.0 Å². The lowest BCUT2D eigenvalue weighted by Gasteiger charge is -2.15. The molecule has 0 radical (unpaired) electrons. The zero-order chi connectivity index (χ0) is 32.3. The van der Waals surface area contributed by atoms with Crippen LogP contribution < -0.4 is 16.4 Å². The fraction of sp³-hybridized carbons (Fsp3) is 0.0968. The number of aromatic nitrogens is 4. The van der Waals surface area contributed by atoms with Crippen molar-refractivity contribution in [2.75, 3.05) is 5.32 Å². The molecule has 8 nitrogen and oxygen atoms in total. The first-order chi connectivity index (χ1) is 21.2. The van der Waals surface area contributed by atoms with Crippen LogP contribution in [0.1, 0.15) is 21.6 Å². The van der Waals surface area contributed by atoms with E-state index in [4.69, 9.17) is 0 Å². The number of alkyl halides is 6. The third-order valence-electron chi connectivity index (χ3n) is 7.26. The lowest BCUT2D eigenvalue weighted by molar-refractivity contribution is -0.143. The van der Waals surface area contributed by atoms with Crippen molar-refractivity contribution in [3.8, 4) is 16.8 Å². The Bertz CT molecular complexity index is 2250. The number of anilines is 1. The van der Waals surface area contributed by atoms with E-state index in [0.717, 1.165) is 10.6 Å². The fourth-order valence-corrected chi connectivity index (χ4v) is 5.20. The van der Waals surface area contributed by atoms with Crippen molar-refractivity contribution >= 4 is 33.1 Å². The summed E-state index contributed by atoms with van der Waals surface area (Å²) in [6.07, 6.45) is -6.71. The Morgan fingerprint density at radius 1 is 0.889 bits per heavy atom. The number of nitrogens with one attached hydrogen (secondary N) is 2. The molecule has 6 aromatic rings. The van der Waals surface area contributed by atoms with Crippen molar-refractivity contribution < 1.29 is 31.1 Å². The maximum absolute atomic E-state index is 14.3. The minimum atomic E-state index is -5.09. The van der Waals surface area contributed by atoms with Crippen LogP contribution in [0.2, 0.25) is 0 Å². The molecule has 1 amide bonds. The molecule has 0 bridgehead atoms. The molecule has 0 aliphatic rings. The zero-order valence-electron chi connectivity index (χ0n) is 22.9. The number of benzene rings is 3. The number of carbonyl (C=O) groups excluding carboxylic acids is 1. The molecule has 2 N–H and O–H groups in total. The molecule has 45 heavy (non-hydrogen) atoms. The summed E-state index contributed by atoms with van der Waals surface area (Å²) in [5.41, 5.74) is -4.22. The van der Waals surface area contributed by atoms with E-state index >= 15 is 0 Å². The number of aromatic amines is 1. The first-order valence-electron chi connectivity index (χ1n) is 13.1. The van der Waals surface area contributed by atoms with Gasteiger partial charge < -0.3 is 14.9 Å². The van der Waals surface area contributed by atoms with Gasteiger partial charge >= 0.3 is 12.4 Å². The maximum Gasteiger partial charge on any atom is 0.434 e. The summed E-state index contributed by atoms with van der Waals surface area (Å²) in [7, 11) is 1.27. The molecule has 3 heterocycles. The minimum Gasteiger partial charge on any atom is -0.329 e. The predicted molar refractivity (Wildman–Crippen MR) is 154 cm³/mol. The highest BCUT2D eigenvalue weighted by Crippen LogP contribution is 2.37. The Hall–Kier alpha value is -5.66. The van der Waals surface area contributed by atoms with Gasteiger partial charge in [0, 0.05) is 30.5 Å². The Morgan fingerprint density at radius 3 is 2.31 bits per heavy atom. The molecule has 0 aliphatic carbocycles. The van der Waals surface area contributed by atoms with Crippen LogP contribution in [0.4, 0.5) is 32.0 Å². The van der Waals surface area contributed by atoms with Crippen LogP contribution >= 0.6 is 0 Å². The van der Waals surface area contributed by atoms with Crippen LogP contribution in [-0.4, -0.2) is 25.2 Å². The van der Waals surface area contributed by atoms with Gasteiger partial charge in [0.1, 0.15) is 0 Å². The quantitative estimate of drug-likeness (QED) is 0.218. The highest BCUT2D eigenvalue weighted by Gasteiger charge is 2.41. The summed E-state index contributed by atoms with van der Waals surface area (Å²) < 4.78 is 86.1. The summed E-state index contributed by atoms with van der Waals surface area (Å²) in [5.74, 6) is -1.36. The number of H-pyrrole nitrogens is 1. The van der Waals surface area contributed by atoms with Crippen LogP contribution in [-0.2, 0) is 19.4 Å². The van der Waals surface area contributed by atoms with Crippen LogP contribution in [0.25, 0.3) is 38.4 Å². The smallest absolute Gasteiger partial charge is 0.329 e. The van der Waals surface area contributed by atoms with E-state index in [1.165, 1.54) is 49.8 Å². The highest BCUT2D eigenvalue weighted by atomic mass is 19.4. The van der Waals surface area contributed by atoms with Crippen LogP contribution in [0.5, 0.6) is 0 Å². The Labute approximate surface area is 248 Å². The molecule has 0 atom stereocenters. The monoisotopic (exact) mass is 623 g/mol. The van der Waals surface area contributed by atoms with Gasteiger partial charge in [0.2, 0.25) is 0 Å². The standard InChI is InChI=1S/C31H19F6N5O3/c1-41-12-10-17-13-18(14-24(30(32,33)34)25(17)29(41)45)40-28(44)23-15-39-42(26(23)31(35,36)37)19-7-5-16(6-8-19)20-3-2-4-22-21(20)9-11-38-27(22)43/h2-15H,1H3,(H,38,43)(H,40,44). The molecule has 3 aromatic heterocycles. The minimum absolute atomic E-state index is 0.0517. The van der Waals surface area contributed by atoms with Crippen LogP contribution in [0.3, 0.4) is 0 Å². The largest absolute Gasteiger partial charge is 0.434 e.